The topological polar surface area (TPSA) is 29.5 Å². The highest BCUT2D eigenvalue weighted by atomic mass is 16.5. The third-order valence-corrected chi connectivity index (χ3v) is 4.86. The molecule has 2 aliphatic rings. The molecule has 22 heavy (non-hydrogen) atoms. The van der Waals surface area contributed by atoms with Crippen LogP contribution in [0.4, 0.5) is 0 Å². The second-order valence-electron chi connectivity index (χ2n) is 6.51. The lowest BCUT2D eigenvalue weighted by molar-refractivity contribution is -0.141. The van der Waals surface area contributed by atoms with E-state index in [0.717, 1.165) is 36.3 Å². The number of carbonyl (C=O) groups excluding carboxylic acids is 1. The van der Waals surface area contributed by atoms with Gasteiger partial charge in [-0.25, -0.2) is 0 Å². The lowest BCUT2D eigenvalue weighted by atomic mass is 9.66. The van der Waals surface area contributed by atoms with Crippen LogP contribution in [0.2, 0.25) is 0 Å². The number of hydrogen-bond donors (Lipinski definition) is 0. The van der Waals surface area contributed by atoms with Gasteiger partial charge in [-0.1, -0.05) is 36.4 Å². The molecular weight excluding hydrogens is 274 g/mol. The normalized spacial score (nSPS) is 26.8. The number of carbonyl (C=O) groups is 1. The maximum absolute atomic E-state index is 12.9. The Bertz CT molecular complexity index is 645. The molecule has 2 atom stereocenters. The van der Waals surface area contributed by atoms with Gasteiger partial charge in [-0.15, -0.1) is 0 Å². The highest BCUT2D eigenvalue weighted by molar-refractivity contribution is 5.88. The molecule has 0 spiro atoms. The molecule has 116 valence electrons. The number of rotatable bonds is 4. The minimum atomic E-state index is -0.563. The maximum Gasteiger partial charge on any atom is 0.322 e. The van der Waals surface area contributed by atoms with Crippen molar-refractivity contribution >= 4 is 5.97 Å². The summed E-state index contributed by atoms with van der Waals surface area (Å²) in [6.45, 7) is 2.94. The fourth-order valence-electron chi connectivity index (χ4n) is 3.68. The lowest BCUT2D eigenvalue weighted by Gasteiger charge is -2.34. The van der Waals surface area contributed by atoms with Crippen molar-refractivity contribution < 1.29 is 9.53 Å². The van der Waals surface area contributed by atoms with Gasteiger partial charge in [0.25, 0.3) is 0 Å². The second kappa shape index (κ2) is 5.73. The van der Waals surface area contributed by atoms with Crippen molar-refractivity contribution in [3.05, 3.63) is 59.4 Å². The number of nitrogens with zero attached hydrogens (tertiary/aromatic N) is 1. The average molecular weight is 297 g/mol. The van der Waals surface area contributed by atoms with Crippen molar-refractivity contribution in [1.82, 2.24) is 4.90 Å². The summed E-state index contributed by atoms with van der Waals surface area (Å²) in [6, 6.07) is 8.22. The predicted molar refractivity (Wildman–Crippen MR) is 87.5 cm³/mol. The third kappa shape index (κ3) is 2.30. The first-order chi connectivity index (χ1) is 10.6. The van der Waals surface area contributed by atoms with Crippen molar-refractivity contribution in [2.24, 2.45) is 5.92 Å². The fraction of sp³-hybridized carbons (Fsp3) is 0.421. The van der Waals surface area contributed by atoms with Crippen LogP contribution in [-0.4, -0.2) is 31.5 Å². The Kier molecular flexibility index (Phi) is 3.92. The van der Waals surface area contributed by atoms with Crippen LogP contribution in [-0.2, 0) is 14.9 Å². The number of aryl methyl sites for hydroxylation is 1. The van der Waals surface area contributed by atoms with Crippen LogP contribution >= 0.6 is 0 Å². The van der Waals surface area contributed by atoms with Crippen LogP contribution < -0.4 is 0 Å². The van der Waals surface area contributed by atoms with E-state index in [0.29, 0.717) is 0 Å². The summed E-state index contributed by atoms with van der Waals surface area (Å²) in [6.07, 6.45) is 7.71. The molecule has 0 amide bonds. The molecule has 3 rings (SSSR count). The monoisotopic (exact) mass is 297 g/mol. The van der Waals surface area contributed by atoms with Gasteiger partial charge in [-0.3, -0.25) is 4.79 Å². The van der Waals surface area contributed by atoms with Gasteiger partial charge in [0.05, 0.1) is 0 Å². The van der Waals surface area contributed by atoms with E-state index in [1.165, 1.54) is 0 Å². The Morgan fingerprint density at radius 2 is 2.09 bits per heavy atom. The van der Waals surface area contributed by atoms with E-state index in [2.05, 4.69) is 30.0 Å². The molecular formula is C19H23NO2. The molecule has 1 saturated heterocycles. The zero-order chi connectivity index (χ0) is 15.7. The Morgan fingerprint density at radius 3 is 2.82 bits per heavy atom. The molecule has 1 aromatic rings. The van der Waals surface area contributed by atoms with Crippen molar-refractivity contribution in [1.29, 1.82) is 0 Å². The first-order valence-electron chi connectivity index (χ1n) is 7.85. The number of allylic oxidation sites excluding steroid dienone is 4. The molecule has 0 N–H and O–H groups in total. The quantitative estimate of drug-likeness (QED) is 0.799. The highest BCUT2D eigenvalue weighted by Crippen LogP contribution is 2.50. The van der Waals surface area contributed by atoms with Gasteiger partial charge in [0, 0.05) is 5.92 Å². The van der Waals surface area contributed by atoms with Crippen LogP contribution in [0, 0.1) is 12.8 Å². The second-order valence-corrected chi connectivity index (χ2v) is 6.51. The summed E-state index contributed by atoms with van der Waals surface area (Å²) in [5, 5.41) is 0. The first kappa shape index (κ1) is 15.0. The van der Waals surface area contributed by atoms with Crippen molar-refractivity contribution in [2.45, 2.75) is 25.2 Å². The molecule has 2 unspecified atom stereocenters. The van der Waals surface area contributed by atoms with E-state index in [-0.39, 0.29) is 11.9 Å². The summed E-state index contributed by atoms with van der Waals surface area (Å²) in [4.78, 5) is 15.1. The predicted octanol–water partition coefficient (Wildman–Crippen LogP) is 3.20. The molecule has 1 fully saturated rings. The van der Waals surface area contributed by atoms with Gasteiger partial charge >= 0.3 is 5.97 Å². The van der Waals surface area contributed by atoms with E-state index in [1.54, 1.807) is 0 Å². The number of esters is 1. The molecule has 0 aromatic heterocycles. The summed E-state index contributed by atoms with van der Waals surface area (Å²) in [5.41, 5.74) is 1.71. The zero-order valence-corrected chi connectivity index (χ0v) is 13.5. The standard InChI is InChI=1S/C19H23NO2/c1-14-8-4-5-9-15(14)19(12-13-20(2)3)16-10-6-7-11-17(16)22-18(19)21/h4-9,11,16H,10,12-13H2,1-3H3. The van der Waals surface area contributed by atoms with E-state index in [4.69, 9.17) is 4.74 Å². The number of ether oxygens (including phenoxy) is 1. The third-order valence-electron chi connectivity index (χ3n) is 4.86. The SMILES string of the molecule is Cc1ccccc1C1(CCN(C)C)C(=O)OC2=CC=CCC21. The number of benzene rings is 1. The van der Waals surface area contributed by atoms with Gasteiger partial charge in [0.1, 0.15) is 11.2 Å². The molecule has 0 radical (unpaired) electrons. The van der Waals surface area contributed by atoms with Gasteiger partial charge < -0.3 is 9.64 Å². The van der Waals surface area contributed by atoms with E-state index >= 15 is 0 Å². The average Bonchev–Trinajstić information content (AvgIpc) is 2.78. The maximum atomic E-state index is 12.9. The van der Waals surface area contributed by atoms with E-state index in [9.17, 15) is 4.79 Å². The summed E-state index contributed by atoms with van der Waals surface area (Å²) < 4.78 is 5.68. The van der Waals surface area contributed by atoms with Crippen molar-refractivity contribution in [3.8, 4) is 0 Å². The summed E-state index contributed by atoms with van der Waals surface area (Å²) >= 11 is 0. The van der Waals surface area contributed by atoms with Crippen molar-refractivity contribution in [2.75, 3.05) is 20.6 Å². The van der Waals surface area contributed by atoms with Crippen LogP contribution in [0.3, 0.4) is 0 Å². The molecule has 3 heteroatoms. The molecule has 1 aliphatic carbocycles. The van der Waals surface area contributed by atoms with Crippen molar-refractivity contribution in [3.63, 3.8) is 0 Å². The van der Waals surface area contributed by atoms with Gasteiger partial charge in [-0.05, 0) is 57.6 Å². The molecule has 0 bridgehead atoms. The van der Waals surface area contributed by atoms with E-state index in [1.807, 2.05) is 38.4 Å². The smallest absolute Gasteiger partial charge is 0.322 e. The molecule has 1 aromatic carbocycles. The Hall–Kier alpha value is -1.87. The number of fused-ring (bicyclic) bond motifs is 1. The highest BCUT2D eigenvalue weighted by Gasteiger charge is 2.56. The summed E-state index contributed by atoms with van der Waals surface area (Å²) in [7, 11) is 4.09. The Morgan fingerprint density at radius 1 is 1.32 bits per heavy atom. The van der Waals surface area contributed by atoms with Gasteiger partial charge in [-0.2, -0.15) is 0 Å². The van der Waals surface area contributed by atoms with Crippen LogP contribution in [0.1, 0.15) is 24.0 Å². The summed E-state index contributed by atoms with van der Waals surface area (Å²) in [5.74, 6) is 0.851. The number of hydrogen-bond acceptors (Lipinski definition) is 3. The van der Waals surface area contributed by atoms with Crippen LogP contribution in [0.5, 0.6) is 0 Å². The van der Waals surface area contributed by atoms with Crippen LogP contribution in [0.25, 0.3) is 0 Å². The van der Waals surface area contributed by atoms with Gasteiger partial charge in [0.2, 0.25) is 0 Å². The van der Waals surface area contributed by atoms with Crippen LogP contribution in [0.15, 0.2) is 48.3 Å². The Balaban J connectivity index is 2.11. The largest absolute Gasteiger partial charge is 0.430 e. The lowest BCUT2D eigenvalue weighted by Crippen LogP contribution is -2.41. The fourth-order valence-corrected chi connectivity index (χ4v) is 3.68. The van der Waals surface area contributed by atoms with Gasteiger partial charge in [0.15, 0.2) is 0 Å². The minimum absolute atomic E-state index is 0.0939. The van der Waals surface area contributed by atoms with E-state index < -0.39 is 5.41 Å². The minimum Gasteiger partial charge on any atom is -0.430 e. The molecule has 3 nitrogen and oxygen atoms in total. The molecule has 0 saturated carbocycles. The Labute approximate surface area is 132 Å². The zero-order valence-electron chi connectivity index (χ0n) is 13.5. The molecule has 1 aliphatic heterocycles. The molecule has 1 heterocycles. The first-order valence-corrected chi connectivity index (χ1v) is 7.85.